The van der Waals surface area contributed by atoms with E-state index in [0.29, 0.717) is 24.9 Å². The molecule has 1 saturated heterocycles. The summed E-state index contributed by atoms with van der Waals surface area (Å²) in [6.07, 6.45) is 3.17. The molecule has 2 heterocycles. The summed E-state index contributed by atoms with van der Waals surface area (Å²) in [5.74, 6) is 0.852. The van der Waals surface area contributed by atoms with Crippen LogP contribution < -0.4 is 5.32 Å². The van der Waals surface area contributed by atoms with Gasteiger partial charge in [-0.2, -0.15) is 0 Å². The molecule has 162 valence electrons. The molecule has 1 N–H and O–H groups in total. The predicted molar refractivity (Wildman–Crippen MR) is 127 cm³/mol. The molecular weight excluding hydrogens is 404 g/mol. The second-order valence-electron chi connectivity index (χ2n) is 8.54. The van der Waals surface area contributed by atoms with Gasteiger partial charge in [0.2, 0.25) is 0 Å². The Kier molecular flexibility index (Phi) is 6.83. The first-order valence-corrected chi connectivity index (χ1v) is 11.9. The number of nitrogens with zero attached hydrogens (tertiary/aromatic N) is 1. The molecule has 0 atom stereocenters. The molecule has 3 aromatic rings. The van der Waals surface area contributed by atoms with Crippen molar-refractivity contribution < 1.29 is 9.53 Å². The highest BCUT2D eigenvalue weighted by Gasteiger charge is 2.19. The number of carbonyl (C=O) groups excluding carboxylic acids is 1. The molecule has 0 amide bonds. The van der Waals surface area contributed by atoms with Crippen LogP contribution in [-0.4, -0.2) is 30.6 Å². The van der Waals surface area contributed by atoms with Gasteiger partial charge in [0.05, 0.1) is 17.9 Å². The molecule has 2 aromatic carbocycles. The zero-order valence-electron chi connectivity index (χ0n) is 18.5. The summed E-state index contributed by atoms with van der Waals surface area (Å²) in [7, 11) is 0. The maximum absolute atomic E-state index is 12.2. The van der Waals surface area contributed by atoms with Gasteiger partial charge in [-0.25, -0.2) is 4.98 Å². The van der Waals surface area contributed by atoms with E-state index in [1.807, 2.05) is 12.3 Å². The number of hydrogen-bond donors (Lipinski definition) is 1. The summed E-state index contributed by atoms with van der Waals surface area (Å²) < 4.78 is 5.42. The quantitative estimate of drug-likeness (QED) is 0.478. The minimum absolute atomic E-state index is 0.150. The van der Waals surface area contributed by atoms with Gasteiger partial charge in [0.1, 0.15) is 5.01 Å². The predicted octanol–water partition coefficient (Wildman–Crippen LogP) is 5.47. The van der Waals surface area contributed by atoms with Crippen molar-refractivity contribution >= 4 is 17.3 Å². The minimum Gasteiger partial charge on any atom is -0.465 e. The van der Waals surface area contributed by atoms with Gasteiger partial charge in [-0.05, 0) is 34.6 Å². The van der Waals surface area contributed by atoms with Gasteiger partial charge in [-0.3, -0.25) is 4.79 Å². The first-order chi connectivity index (χ1) is 15.0. The average molecular weight is 435 g/mol. The summed E-state index contributed by atoms with van der Waals surface area (Å²) in [4.78, 5) is 18.1. The maximum Gasteiger partial charge on any atom is 0.310 e. The van der Waals surface area contributed by atoms with E-state index >= 15 is 0 Å². The fourth-order valence-corrected chi connectivity index (χ4v) is 4.70. The third-order valence-corrected chi connectivity index (χ3v) is 6.92. The van der Waals surface area contributed by atoms with E-state index in [4.69, 9.17) is 9.72 Å². The first kappa shape index (κ1) is 21.7. The van der Waals surface area contributed by atoms with E-state index in [9.17, 15) is 4.79 Å². The van der Waals surface area contributed by atoms with Crippen molar-refractivity contribution in [3.05, 3.63) is 65.4 Å². The van der Waals surface area contributed by atoms with Gasteiger partial charge >= 0.3 is 5.97 Å². The Bertz CT molecular complexity index is 1040. The van der Waals surface area contributed by atoms with Crippen molar-refractivity contribution in [3.63, 3.8) is 0 Å². The molecule has 1 aromatic heterocycles. The number of benzene rings is 2. The Balaban J connectivity index is 1.47. The zero-order chi connectivity index (χ0) is 21.8. The summed E-state index contributed by atoms with van der Waals surface area (Å²) in [6, 6.07) is 15.0. The topological polar surface area (TPSA) is 51.2 Å². The SMILES string of the molecule is CCc1cc(CC(=O)OCC2CNC2)ccc1-c1ncc(-c2ccc(C(C)C)cc2)s1. The molecule has 1 fully saturated rings. The number of hydrogen-bond acceptors (Lipinski definition) is 5. The van der Waals surface area contributed by atoms with Gasteiger partial charge in [-0.1, -0.05) is 63.2 Å². The molecule has 0 bridgehead atoms. The van der Waals surface area contributed by atoms with Gasteiger partial charge in [0.25, 0.3) is 0 Å². The lowest BCUT2D eigenvalue weighted by molar-refractivity contribution is -0.144. The molecule has 0 aliphatic carbocycles. The van der Waals surface area contributed by atoms with E-state index in [2.05, 4.69) is 62.5 Å². The van der Waals surface area contributed by atoms with Crippen LogP contribution in [0.2, 0.25) is 0 Å². The summed E-state index contributed by atoms with van der Waals surface area (Å²) >= 11 is 1.71. The van der Waals surface area contributed by atoms with E-state index in [1.165, 1.54) is 21.6 Å². The fraction of sp³-hybridized carbons (Fsp3) is 0.385. The molecule has 5 heteroatoms. The molecule has 0 unspecified atom stereocenters. The van der Waals surface area contributed by atoms with Gasteiger partial charge in [0, 0.05) is 30.8 Å². The first-order valence-electron chi connectivity index (χ1n) is 11.1. The third-order valence-electron chi connectivity index (χ3n) is 5.84. The second-order valence-corrected chi connectivity index (χ2v) is 9.57. The highest BCUT2D eigenvalue weighted by molar-refractivity contribution is 7.18. The molecule has 31 heavy (non-hydrogen) atoms. The highest BCUT2D eigenvalue weighted by atomic mass is 32.1. The number of thiazole rings is 1. The van der Waals surface area contributed by atoms with Crippen LogP contribution in [0.1, 0.15) is 43.4 Å². The van der Waals surface area contributed by atoms with Crippen molar-refractivity contribution in [2.24, 2.45) is 5.92 Å². The summed E-state index contributed by atoms with van der Waals surface area (Å²) in [5, 5.41) is 4.21. The molecular formula is C26H30N2O2S. The molecule has 4 nitrogen and oxygen atoms in total. The smallest absolute Gasteiger partial charge is 0.310 e. The van der Waals surface area contributed by atoms with Crippen LogP contribution in [0.3, 0.4) is 0 Å². The van der Waals surface area contributed by atoms with Crippen molar-refractivity contribution in [2.45, 2.75) is 39.5 Å². The number of nitrogens with one attached hydrogen (secondary N) is 1. The average Bonchev–Trinajstić information content (AvgIpc) is 3.22. The zero-order valence-corrected chi connectivity index (χ0v) is 19.3. The summed E-state index contributed by atoms with van der Waals surface area (Å²) in [6.45, 7) is 8.97. The lowest BCUT2D eigenvalue weighted by atomic mass is 10.0. The van der Waals surface area contributed by atoms with Gasteiger partial charge in [0.15, 0.2) is 0 Å². The van der Waals surface area contributed by atoms with Crippen LogP contribution in [0.5, 0.6) is 0 Å². The van der Waals surface area contributed by atoms with Crippen molar-refractivity contribution in [1.82, 2.24) is 10.3 Å². The number of aryl methyl sites for hydroxylation is 1. The minimum atomic E-state index is -0.150. The standard InChI is InChI=1S/C26H30N2O2S/c1-4-20-11-18(12-25(29)30-16-19-13-27-14-19)5-10-23(20)26-28-15-24(31-26)22-8-6-21(7-9-22)17(2)3/h5-11,15,17,19,27H,4,12-14,16H2,1-3H3. The largest absolute Gasteiger partial charge is 0.465 e. The molecule has 0 saturated carbocycles. The van der Waals surface area contributed by atoms with E-state index in [0.717, 1.165) is 35.6 Å². The van der Waals surface area contributed by atoms with Crippen molar-refractivity contribution in [3.8, 4) is 21.0 Å². The van der Waals surface area contributed by atoms with Crippen LogP contribution in [0, 0.1) is 5.92 Å². The monoisotopic (exact) mass is 434 g/mol. The number of rotatable bonds is 8. The normalized spacial score (nSPS) is 13.9. The van der Waals surface area contributed by atoms with Crippen LogP contribution in [-0.2, 0) is 22.4 Å². The second kappa shape index (κ2) is 9.75. The van der Waals surface area contributed by atoms with E-state index in [-0.39, 0.29) is 5.97 Å². The number of esters is 1. The van der Waals surface area contributed by atoms with Gasteiger partial charge < -0.3 is 10.1 Å². The number of carbonyl (C=O) groups is 1. The number of ether oxygens (including phenoxy) is 1. The van der Waals surface area contributed by atoms with Crippen molar-refractivity contribution in [2.75, 3.05) is 19.7 Å². The molecule has 0 spiro atoms. The molecule has 1 aliphatic rings. The Morgan fingerprint density at radius 1 is 1.19 bits per heavy atom. The third kappa shape index (κ3) is 5.23. The Morgan fingerprint density at radius 2 is 1.97 bits per heavy atom. The maximum atomic E-state index is 12.2. The van der Waals surface area contributed by atoms with Crippen molar-refractivity contribution in [1.29, 1.82) is 0 Å². The lowest BCUT2D eigenvalue weighted by Crippen LogP contribution is -2.44. The van der Waals surface area contributed by atoms with Gasteiger partial charge in [-0.15, -0.1) is 11.3 Å². The fourth-order valence-electron chi connectivity index (χ4n) is 3.72. The Labute approximate surface area is 188 Å². The van der Waals surface area contributed by atoms with Crippen LogP contribution in [0.15, 0.2) is 48.7 Å². The van der Waals surface area contributed by atoms with Crippen LogP contribution in [0.4, 0.5) is 0 Å². The van der Waals surface area contributed by atoms with Crippen LogP contribution >= 0.6 is 11.3 Å². The molecule has 1 aliphatic heterocycles. The molecule has 4 rings (SSSR count). The highest BCUT2D eigenvalue weighted by Crippen LogP contribution is 2.34. The van der Waals surface area contributed by atoms with E-state index < -0.39 is 0 Å². The Hall–Kier alpha value is -2.50. The lowest BCUT2D eigenvalue weighted by Gasteiger charge is -2.26. The van der Waals surface area contributed by atoms with E-state index in [1.54, 1.807) is 11.3 Å². The summed E-state index contributed by atoms with van der Waals surface area (Å²) in [5.41, 5.74) is 5.91. The Morgan fingerprint density at radius 3 is 2.61 bits per heavy atom. The molecule has 0 radical (unpaired) electrons. The number of aromatic nitrogens is 1. The van der Waals surface area contributed by atoms with Crippen LogP contribution in [0.25, 0.3) is 21.0 Å².